The third-order valence-corrected chi connectivity index (χ3v) is 3.63. The van der Waals surface area contributed by atoms with Crippen molar-refractivity contribution in [3.05, 3.63) is 35.9 Å². The summed E-state index contributed by atoms with van der Waals surface area (Å²) in [5, 5.41) is 3.48. The quantitative estimate of drug-likeness (QED) is 0.604. The van der Waals surface area contributed by atoms with Crippen LogP contribution < -0.4 is 11.1 Å². The summed E-state index contributed by atoms with van der Waals surface area (Å²) in [5.74, 6) is 0.851. The SMILES string of the molecule is CC(C)CCCCCCNCC(N)Cc1ccccc1. The highest BCUT2D eigenvalue weighted by atomic mass is 14.9. The molecule has 0 bridgehead atoms. The smallest absolute Gasteiger partial charge is 0.0206 e. The third-order valence-electron chi connectivity index (χ3n) is 3.63. The summed E-state index contributed by atoms with van der Waals surface area (Å²) in [6.07, 6.45) is 7.70. The van der Waals surface area contributed by atoms with Gasteiger partial charge in [-0.05, 0) is 30.9 Å². The van der Waals surface area contributed by atoms with Gasteiger partial charge >= 0.3 is 0 Å². The molecule has 0 aromatic heterocycles. The Morgan fingerprint density at radius 1 is 1.00 bits per heavy atom. The highest BCUT2D eigenvalue weighted by molar-refractivity contribution is 5.15. The first-order chi connectivity index (χ1) is 9.68. The van der Waals surface area contributed by atoms with Crippen LogP contribution in [0.4, 0.5) is 0 Å². The van der Waals surface area contributed by atoms with E-state index in [-0.39, 0.29) is 6.04 Å². The fourth-order valence-corrected chi connectivity index (χ4v) is 2.43. The molecule has 1 rings (SSSR count). The normalized spacial score (nSPS) is 12.8. The lowest BCUT2D eigenvalue weighted by Crippen LogP contribution is -2.35. The standard InChI is InChI=1S/C18H32N2/c1-16(2)10-6-3-4-9-13-20-15-18(19)14-17-11-7-5-8-12-17/h5,7-8,11-12,16,18,20H,3-4,6,9-10,13-15,19H2,1-2H3. The molecule has 0 spiro atoms. The molecule has 0 saturated heterocycles. The van der Waals surface area contributed by atoms with E-state index in [1.54, 1.807) is 0 Å². The van der Waals surface area contributed by atoms with E-state index < -0.39 is 0 Å². The van der Waals surface area contributed by atoms with E-state index in [1.165, 1.54) is 37.7 Å². The lowest BCUT2D eigenvalue weighted by atomic mass is 10.0. The molecule has 2 nitrogen and oxygen atoms in total. The fraction of sp³-hybridized carbons (Fsp3) is 0.667. The minimum atomic E-state index is 0.221. The first-order valence-corrected chi connectivity index (χ1v) is 8.18. The van der Waals surface area contributed by atoms with E-state index in [0.29, 0.717) is 0 Å². The molecule has 0 amide bonds. The average molecular weight is 276 g/mol. The molecule has 1 atom stereocenters. The predicted molar refractivity (Wildman–Crippen MR) is 88.9 cm³/mol. The van der Waals surface area contributed by atoms with Gasteiger partial charge in [0.15, 0.2) is 0 Å². The highest BCUT2D eigenvalue weighted by Gasteiger charge is 2.03. The number of hydrogen-bond donors (Lipinski definition) is 2. The zero-order valence-electron chi connectivity index (χ0n) is 13.3. The zero-order chi connectivity index (χ0) is 14.6. The summed E-state index contributed by atoms with van der Waals surface area (Å²) in [5.41, 5.74) is 7.47. The maximum absolute atomic E-state index is 6.14. The Balaban J connectivity index is 1.93. The third kappa shape index (κ3) is 9.11. The molecule has 114 valence electrons. The largest absolute Gasteiger partial charge is 0.326 e. The van der Waals surface area contributed by atoms with Crippen LogP contribution in [0.25, 0.3) is 0 Å². The van der Waals surface area contributed by atoms with Crippen LogP contribution in [-0.4, -0.2) is 19.1 Å². The van der Waals surface area contributed by atoms with Gasteiger partial charge < -0.3 is 11.1 Å². The van der Waals surface area contributed by atoms with Crippen molar-refractivity contribution in [1.29, 1.82) is 0 Å². The van der Waals surface area contributed by atoms with Crippen molar-refractivity contribution in [3.8, 4) is 0 Å². The highest BCUT2D eigenvalue weighted by Crippen LogP contribution is 2.09. The van der Waals surface area contributed by atoms with E-state index in [4.69, 9.17) is 5.73 Å². The number of nitrogens with two attached hydrogens (primary N) is 1. The Morgan fingerprint density at radius 3 is 2.40 bits per heavy atom. The van der Waals surface area contributed by atoms with Crippen LogP contribution in [0.1, 0.15) is 51.5 Å². The Labute approximate surface area is 125 Å². The van der Waals surface area contributed by atoms with E-state index in [0.717, 1.165) is 25.4 Å². The molecule has 0 aliphatic heterocycles. The molecule has 0 heterocycles. The van der Waals surface area contributed by atoms with Crippen LogP contribution in [0, 0.1) is 5.92 Å². The molecule has 1 aromatic carbocycles. The summed E-state index contributed by atoms with van der Waals surface area (Å²) in [6, 6.07) is 10.7. The number of nitrogens with one attached hydrogen (secondary N) is 1. The fourth-order valence-electron chi connectivity index (χ4n) is 2.43. The molecule has 3 N–H and O–H groups in total. The average Bonchev–Trinajstić information content (AvgIpc) is 2.42. The number of unbranched alkanes of at least 4 members (excludes halogenated alkanes) is 3. The van der Waals surface area contributed by atoms with E-state index in [2.05, 4.69) is 43.4 Å². The Morgan fingerprint density at radius 2 is 1.70 bits per heavy atom. The second-order valence-corrected chi connectivity index (χ2v) is 6.25. The maximum Gasteiger partial charge on any atom is 0.0206 e. The van der Waals surface area contributed by atoms with Gasteiger partial charge in [-0.25, -0.2) is 0 Å². The monoisotopic (exact) mass is 276 g/mol. The van der Waals surface area contributed by atoms with Gasteiger partial charge in [0.1, 0.15) is 0 Å². The van der Waals surface area contributed by atoms with Gasteiger partial charge in [0.05, 0.1) is 0 Å². The molecule has 0 radical (unpaired) electrons. The van der Waals surface area contributed by atoms with Crippen molar-refractivity contribution < 1.29 is 0 Å². The van der Waals surface area contributed by atoms with Crippen LogP contribution in [0.15, 0.2) is 30.3 Å². The Kier molecular flexibility index (Phi) is 9.35. The van der Waals surface area contributed by atoms with Crippen LogP contribution in [0.2, 0.25) is 0 Å². The van der Waals surface area contributed by atoms with E-state index in [9.17, 15) is 0 Å². The van der Waals surface area contributed by atoms with Gasteiger partial charge in [0, 0.05) is 12.6 Å². The summed E-state index contributed by atoms with van der Waals surface area (Å²) in [4.78, 5) is 0. The maximum atomic E-state index is 6.14. The van der Waals surface area contributed by atoms with Gasteiger partial charge in [0.2, 0.25) is 0 Å². The van der Waals surface area contributed by atoms with Gasteiger partial charge in [-0.1, -0.05) is 69.9 Å². The first-order valence-electron chi connectivity index (χ1n) is 8.18. The number of benzene rings is 1. The summed E-state index contributed by atoms with van der Waals surface area (Å²) < 4.78 is 0. The minimum absolute atomic E-state index is 0.221. The van der Waals surface area contributed by atoms with Crippen molar-refractivity contribution in [2.24, 2.45) is 11.7 Å². The van der Waals surface area contributed by atoms with Crippen molar-refractivity contribution in [2.75, 3.05) is 13.1 Å². The second kappa shape index (κ2) is 10.9. The zero-order valence-corrected chi connectivity index (χ0v) is 13.3. The van der Waals surface area contributed by atoms with Crippen LogP contribution in [0.3, 0.4) is 0 Å². The van der Waals surface area contributed by atoms with Crippen molar-refractivity contribution in [3.63, 3.8) is 0 Å². The predicted octanol–water partition coefficient (Wildman–Crippen LogP) is 3.75. The van der Waals surface area contributed by atoms with Gasteiger partial charge in [-0.15, -0.1) is 0 Å². The lowest BCUT2D eigenvalue weighted by Gasteiger charge is -2.13. The molecule has 2 heteroatoms. The van der Waals surface area contributed by atoms with Crippen molar-refractivity contribution >= 4 is 0 Å². The van der Waals surface area contributed by atoms with Crippen LogP contribution in [-0.2, 0) is 6.42 Å². The Hall–Kier alpha value is -0.860. The molecule has 1 aromatic rings. The minimum Gasteiger partial charge on any atom is -0.326 e. The molecular formula is C18H32N2. The summed E-state index contributed by atoms with van der Waals surface area (Å²) in [6.45, 7) is 6.62. The van der Waals surface area contributed by atoms with Gasteiger partial charge in [0.25, 0.3) is 0 Å². The number of hydrogen-bond acceptors (Lipinski definition) is 2. The Bertz CT molecular complexity index is 321. The lowest BCUT2D eigenvalue weighted by molar-refractivity contribution is 0.504. The van der Waals surface area contributed by atoms with Gasteiger partial charge in [-0.3, -0.25) is 0 Å². The molecule has 0 aliphatic carbocycles. The van der Waals surface area contributed by atoms with Crippen molar-refractivity contribution in [1.82, 2.24) is 5.32 Å². The molecule has 1 unspecified atom stereocenters. The van der Waals surface area contributed by atoms with Gasteiger partial charge in [-0.2, -0.15) is 0 Å². The molecule has 0 fully saturated rings. The summed E-state index contributed by atoms with van der Waals surface area (Å²) >= 11 is 0. The number of rotatable bonds is 11. The molecular weight excluding hydrogens is 244 g/mol. The van der Waals surface area contributed by atoms with Crippen LogP contribution >= 0.6 is 0 Å². The molecule has 0 aliphatic rings. The first kappa shape index (κ1) is 17.2. The topological polar surface area (TPSA) is 38.0 Å². The summed E-state index contributed by atoms with van der Waals surface area (Å²) in [7, 11) is 0. The van der Waals surface area contributed by atoms with Crippen LogP contribution in [0.5, 0.6) is 0 Å². The van der Waals surface area contributed by atoms with E-state index in [1.807, 2.05) is 6.07 Å². The molecule has 20 heavy (non-hydrogen) atoms. The van der Waals surface area contributed by atoms with E-state index >= 15 is 0 Å². The molecule has 0 saturated carbocycles. The van der Waals surface area contributed by atoms with Crippen molar-refractivity contribution in [2.45, 2.75) is 58.4 Å². The second-order valence-electron chi connectivity index (χ2n) is 6.25.